The third-order valence-electron chi connectivity index (χ3n) is 0. The Bertz CT molecular complexity index is 6.85. The van der Waals surface area contributed by atoms with Gasteiger partial charge in [-0.25, -0.2) is 0 Å². The molecule has 0 heterocycles. The zero-order valence-corrected chi connectivity index (χ0v) is 10.6. The monoisotopic (exact) mass is 325 g/mol. The molecule has 0 amide bonds. The van der Waals surface area contributed by atoms with Gasteiger partial charge in [0.1, 0.15) is 0 Å². The van der Waals surface area contributed by atoms with Crippen LogP contribution < -0.4 is 18.6 Å². The average Bonchev–Trinajstić information content (AvgIpc) is 0.918. The van der Waals surface area contributed by atoms with Gasteiger partial charge in [-0.05, 0) is 0 Å². The summed E-state index contributed by atoms with van der Waals surface area (Å²) >= 11 is -1.14. The molecule has 0 bridgehead atoms. The van der Waals surface area contributed by atoms with E-state index >= 15 is 0 Å². The maximum Gasteiger partial charge on any atom is -0.369 e. The second-order valence-electron chi connectivity index (χ2n) is 0.101. The summed E-state index contributed by atoms with van der Waals surface area (Å²) in [5.41, 5.74) is 0. The molecule has 0 aromatic carbocycles. The predicted octanol–water partition coefficient (Wildman–Crippen LogP) is -1.24. The Morgan fingerprint density at radius 3 is 1.20 bits per heavy atom. The maximum absolute atomic E-state index is 4.99. The maximum atomic E-state index is 4.99. The predicted molar refractivity (Wildman–Crippen MR) is 17.7 cm³/mol. The molecule has 0 aliphatic heterocycles. The largest absolute Gasteiger partial charge is 0.369 e. The number of hydrogen-bond acceptors (Lipinski definition) is 0. The molecule has 0 saturated carbocycles. The standard InChI is InChI=1S/3ClH.Hg.H3N/h3*1H;;1H3/q;;;+2;/p-2. The van der Waals surface area contributed by atoms with Crippen LogP contribution in [0.5, 0.6) is 0 Å². The minimum Gasteiger partial charge on any atom is -0.369 e. The average molecular weight is 325 g/mol. The smallest absolute Gasteiger partial charge is 0.369 e. The molecule has 4 N–H and O–H groups in total. The fraction of sp³-hybridized carbons (Fsp3) is 0. The van der Waals surface area contributed by atoms with E-state index in [0.29, 0.717) is 0 Å². The van der Waals surface area contributed by atoms with Crippen molar-refractivity contribution < 1.29 is 34.5 Å². The molecular formula is H4Cl3HgN. The zero-order chi connectivity index (χ0) is 2.71. The van der Waals surface area contributed by atoms with Crippen LogP contribution in [0.25, 0.3) is 0 Å². The molecule has 32 valence electrons. The van der Waals surface area contributed by atoms with Crippen LogP contribution in [-0.2, 0) is 22.1 Å². The molecule has 0 saturated heterocycles. The summed E-state index contributed by atoms with van der Waals surface area (Å²) in [4.78, 5) is 0. The molecule has 0 fully saturated rings. The Kier molecular flexibility index (Phi) is 54.3. The van der Waals surface area contributed by atoms with Crippen molar-refractivity contribution in [1.29, 1.82) is 0 Å². The number of quaternary nitrogens is 1. The first-order valence-electron chi connectivity index (χ1n) is 0.535. The van der Waals surface area contributed by atoms with Gasteiger partial charge in [0.2, 0.25) is 0 Å². The molecule has 5 heavy (non-hydrogen) atoms. The summed E-state index contributed by atoms with van der Waals surface area (Å²) < 4.78 is 0. The van der Waals surface area contributed by atoms with Gasteiger partial charge in [-0.3, -0.25) is 0 Å². The van der Waals surface area contributed by atoms with E-state index in [2.05, 4.69) is 0 Å². The minimum absolute atomic E-state index is 0. The fourth-order valence-electron chi connectivity index (χ4n) is 0. The van der Waals surface area contributed by atoms with Crippen LogP contribution >= 0.6 is 16.5 Å². The molecule has 0 spiro atoms. The third-order valence-corrected chi connectivity index (χ3v) is 0. The SMILES string of the molecule is [Cl-].[Cl][Hg][Cl].[NH4+]. The van der Waals surface area contributed by atoms with Crippen molar-refractivity contribution in [3.8, 4) is 0 Å². The van der Waals surface area contributed by atoms with Gasteiger partial charge in [-0.1, -0.05) is 0 Å². The third kappa shape index (κ3) is 26.2. The molecule has 0 atom stereocenters. The topological polar surface area (TPSA) is 36.5 Å². The van der Waals surface area contributed by atoms with Gasteiger partial charge < -0.3 is 18.6 Å². The number of rotatable bonds is 0. The van der Waals surface area contributed by atoms with Gasteiger partial charge in [-0.2, -0.15) is 0 Å². The molecule has 0 aromatic heterocycles. The molecule has 0 unspecified atom stereocenters. The van der Waals surface area contributed by atoms with Gasteiger partial charge >= 0.3 is 38.6 Å². The molecule has 5 heteroatoms. The van der Waals surface area contributed by atoms with Crippen LogP contribution in [0.4, 0.5) is 0 Å². The van der Waals surface area contributed by atoms with Gasteiger partial charge in [0.15, 0.2) is 0 Å². The van der Waals surface area contributed by atoms with Crippen molar-refractivity contribution in [2.45, 2.75) is 0 Å². The Labute approximate surface area is 56.7 Å². The van der Waals surface area contributed by atoms with E-state index in [4.69, 9.17) is 16.5 Å². The van der Waals surface area contributed by atoms with Crippen molar-refractivity contribution in [1.82, 2.24) is 6.15 Å². The first kappa shape index (κ1) is 15.9. The van der Waals surface area contributed by atoms with Crippen molar-refractivity contribution >= 4 is 16.5 Å². The molecule has 0 aliphatic rings. The van der Waals surface area contributed by atoms with E-state index in [0.717, 1.165) is 0 Å². The molecular weight excluding hydrogens is 321 g/mol. The molecule has 0 aromatic rings. The van der Waals surface area contributed by atoms with E-state index in [9.17, 15) is 0 Å². The Morgan fingerprint density at radius 2 is 1.20 bits per heavy atom. The number of hydrogen-bond donors (Lipinski definition) is 1. The summed E-state index contributed by atoms with van der Waals surface area (Å²) in [5, 5.41) is 0. The van der Waals surface area contributed by atoms with Crippen LogP contribution in [0.15, 0.2) is 0 Å². The summed E-state index contributed by atoms with van der Waals surface area (Å²) in [5.74, 6) is 0. The van der Waals surface area contributed by atoms with Crippen molar-refractivity contribution in [3.05, 3.63) is 0 Å². The summed E-state index contributed by atoms with van der Waals surface area (Å²) in [6, 6.07) is 0. The van der Waals surface area contributed by atoms with E-state index in [1.165, 1.54) is 0 Å². The van der Waals surface area contributed by atoms with E-state index < -0.39 is 22.1 Å². The van der Waals surface area contributed by atoms with E-state index in [1.807, 2.05) is 0 Å². The van der Waals surface area contributed by atoms with Crippen molar-refractivity contribution in [2.75, 3.05) is 0 Å². The minimum atomic E-state index is -1.14. The van der Waals surface area contributed by atoms with E-state index in [-0.39, 0.29) is 18.6 Å². The van der Waals surface area contributed by atoms with Crippen molar-refractivity contribution in [3.63, 3.8) is 0 Å². The van der Waals surface area contributed by atoms with Gasteiger partial charge in [0.25, 0.3) is 0 Å². The van der Waals surface area contributed by atoms with Crippen LogP contribution in [0.1, 0.15) is 0 Å². The summed E-state index contributed by atoms with van der Waals surface area (Å²) in [6.07, 6.45) is 0. The van der Waals surface area contributed by atoms with Crippen LogP contribution in [0.2, 0.25) is 0 Å². The first-order valence-corrected chi connectivity index (χ1v) is 14.1. The summed E-state index contributed by atoms with van der Waals surface area (Å²) in [7, 11) is 9.97. The Balaban J connectivity index is -0.0000000200. The zero-order valence-electron chi connectivity index (χ0n) is 2.84. The normalized spacial score (nSPS) is 2.00. The van der Waals surface area contributed by atoms with Crippen LogP contribution in [0.3, 0.4) is 0 Å². The molecule has 0 radical (unpaired) electrons. The number of halogens is 3. The summed E-state index contributed by atoms with van der Waals surface area (Å²) in [6.45, 7) is 0. The van der Waals surface area contributed by atoms with Gasteiger partial charge in [-0.15, -0.1) is 0 Å². The quantitative estimate of drug-likeness (QED) is 0.541. The second kappa shape index (κ2) is 17.1. The first-order chi connectivity index (χ1) is 1.41. The molecule has 1 nitrogen and oxygen atoms in total. The van der Waals surface area contributed by atoms with Crippen molar-refractivity contribution in [2.24, 2.45) is 0 Å². The van der Waals surface area contributed by atoms with Crippen LogP contribution in [0, 0.1) is 0 Å². The van der Waals surface area contributed by atoms with Gasteiger partial charge in [0.05, 0.1) is 0 Å². The Hall–Kier alpha value is 1.77. The van der Waals surface area contributed by atoms with E-state index in [1.54, 1.807) is 0 Å². The molecule has 0 aliphatic carbocycles. The fourth-order valence-corrected chi connectivity index (χ4v) is 0. The molecule has 0 rings (SSSR count). The van der Waals surface area contributed by atoms with Crippen LogP contribution in [-0.4, -0.2) is 0 Å². The Morgan fingerprint density at radius 1 is 1.20 bits per heavy atom. The second-order valence-corrected chi connectivity index (χ2v) is 7.98. The van der Waals surface area contributed by atoms with Gasteiger partial charge in [0, 0.05) is 0 Å².